The molecular weight excluding hydrogens is 394 g/mol. The maximum atomic E-state index is 11.8. The third kappa shape index (κ3) is 5.68. The second-order valence-electron chi connectivity index (χ2n) is 4.70. The summed E-state index contributed by atoms with van der Waals surface area (Å²) in [5.41, 5.74) is 0.495. The molecule has 0 radical (unpaired) electrons. The SMILES string of the molecule is COc1ccc(NC(=O)COC(=O)C=Cc2ccc(Br)o2)cc1OC. The van der Waals surface area contributed by atoms with E-state index in [9.17, 15) is 9.59 Å². The Morgan fingerprint density at radius 1 is 1.16 bits per heavy atom. The molecule has 0 spiro atoms. The lowest BCUT2D eigenvalue weighted by Crippen LogP contribution is -2.20. The minimum atomic E-state index is -0.657. The predicted molar refractivity (Wildman–Crippen MR) is 94.6 cm³/mol. The van der Waals surface area contributed by atoms with E-state index in [1.807, 2.05) is 0 Å². The summed E-state index contributed by atoms with van der Waals surface area (Å²) in [4.78, 5) is 23.4. The minimum Gasteiger partial charge on any atom is -0.493 e. The van der Waals surface area contributed by atoms with Gasteiger partial charge in [-0.1, -0.05) is 0 Å². The molecule has 1 aromatic carbocycles. The van der Waals surface area contributed by atoms with Gasteiger partial charge < -0.3 is 23.9 Å². The first-order valence-corrected chi connectivity index (χ1v) is 7.93. The van der Waals surface area contributed by atoms with Crippen LogP contribution in [0.5, 0.6) is 11.5 Å². The van der Waals surface area contributed by atoms with Gasteiger partial charge in [-0.15, -0.1) is 0 Å². The Hall–Kier alpha value is -2.74. The molecule has 1 amide bonds. The van der Waals surface area contributed by atoms with Crippen molar-refractivity contribution in [2.75, 3.05) is 26.1 Å². The smallest absolute Gasteiger partial charge is 0.331 e. The quantitative estimate of drug-likeness (QED) is 0.557. The lowest BCUT2D eigenvalue weighted by molar-refractivity contribution is -0.142. The van der Waals surface area contributed by atoms with E-state index in [-0.39, 0.29) is 0 Å². The normalized spacial score (nSPS) is 10.5. The molecule has 1 N–H and O–H groups in total. The van der Waals surface area contributed by atoms with Gasteiger partial charge >= 0.3 is 5.97 Å². The number of ether oxygens (including phenoxy) is 3. The van der Waals surface area contributed by atoms with Crippen LogP contribution in [-0.2, 0) is 14.3 Å². The molecule has 1 heterocycles. The first-order valence-electron chi connectivity index (χ1n) is 7.14. The van der Waals surface area contributed by atoms with Crippen LogP contribution in [0.15, 0.2) is 45.5 Å². The highest BCUT2D eigenvalue weighted by atomic mass is 79.9. The highest BCUT2D eigenvalue weighted by Crippen LogP contribution is 2.29. The summed E-state index contributed by atoms with van der Waals surface area (Å²) in [6.45, 7) is -0.417. The Kier molecular flexibility index (Phi) is 6.64. The van der Waals surface area contributed by atoms with Crippen molar-refractivity contribution in [1.82, 2.24) is 0 Å². The van der Waals surface area contributed by atoms with Gasteiger partial charge in [0, 0.05) is 17.8 Å². The maximum absolute atomic E-state index is 11.8. The van der Waals surface area contributed by atoms with E-state index in [4.69, 9.17) is 18.6 Å². The second kappa shape index (κ2) is 8.93. The topological polar surface area (TPSA) is 87.0 Å². The van der Waals surface area contributed by atoms with E-state index in [1.54, 1.807) is 30.3 Å². The molecule has 0 saturated heterocycles. The first kappa shape index (κ1) is 18.6. The maximum Gasteiger partial charge on any atom is 0.331 e. The van der Waals surface area contributed by atoms with Crippen LogP contribution in [0.25, 0.3) is 6.08 Å². The number of rotatable bonds is 7. The zero-order valence-electron chi connectivity index (χ0n) is 13.6. The number of nitrogens with one attached hydrogen (secondary N) is 1. The summed E-state index contributed by atoms with van der Waals surface area (Å²) in [5, 5.41) is 2.60. The summed E-state index contributed by atoms with van der Waals surface area (Å²) < 4.78 is 20.9. The van der Waals surface area contributed by atoms with Crippen molar-refractivity contribution in [1.29, 1.82) is 0 Å². The highest BCUT2D eigenvalue weighted by molar-refractivity contribution is 9.10. The molecule has 132 valence electrons. The zero-order valence-corrected chi connectivity index (χ0v) is 15.2. The number of benzene rings is 1. The lowest BCUT2D eigenvalue weighted by Gasteiger charge is -2.10. The minimum absolute atomic E-state index is 0.417. The van der Waals surface area contributed by atoms with Crippen molar-refractivity contribution < 1.29 is 28.2 Å². The van der Waals surface area contributed by atoms with Gasteiger partial charge in [-0.25, -0.2) is 4.79 Å². The summed E-state index contributed by atoms with van der Waals surface area (Å²) in [6.07, 6.45) is 2.62. The van der Waals surface area contributed by atoms with Gasteiger partial charge in [0.1, 0.15) is 5.76 Å². The Bertz CT molecular complexity index is 783. The highest BCUT2D eigenvalue weighted by Gasteiger charge is 2.09. The van der Waals surface area contributed by atoms with Crippen LogP contribution >= 0.6 is 15.9 Å². The van der Waals surface area contributed by atoms with E-state index >= 15 is 0 Å². The van der Waals surface area contributed by atoms with Crippen molar-refractivity contribution in [2.24, 2.45) is 0 Å². The number of anilines is 1. The number of esters is 1. The van der Waals surface area contributed by atoms with Crippen LogP contribution in [0.3, 0.4) is 0 Å². The average Bonchev–Trinajstić information content (AvgIpc) is 3.03. The summed E-state index contributed by atoms with van der Waals surface area (Å²) in [6, 6.07) is 8.28. The summed E-state index contributed by atoms with van der Waals surface area (Å²) in [7, 11) is 3.01. The molecule has 0 aliphatic heterocycles. The number of furan rings is 1. The van der Waals surface area contributed by atoms with E-state index in [0.29, 0.717) is 27.6 Å². The Labute approximate surface area is 152 Å². The molecule has 0 atom stereocenters. The molecule has 7 nitrogen and oxygen atoms in total. The monoisotopic (exact) mass is 409 g/mol. The fourth-order valence-electron chi connectivity index (χ4n) is 1.86. The molecule has 1 aromatic heterocycles. The van der Waals surface area contributed by atoms with Crippen molar-refractivity contribution in [3.05, 3.63) is 46.8 Å². The van der Waals surface area contributed by atoms with E-state index in [0.717, 1.165) is 0 Å². The molecule has 0 aliphatic rings. The largest absolute Gasteiger partial charge is 0.493 e. The van der Waals surface area contributed by atoms with Crippen molar-refractivity contribution in [2.45, 2.75) is 0 Å². The van der Waals surface area contributed by atoms with Gasteiger partial charge in [-0.3, -0.25) is 4.79 Å². The third-order valence-corrected chi connectivity index (χ3v) is 3.42. The molecule has 2 rings (SSSR count). The molecule has 0 fully saturated rings. The number of carbonyl (C=O) groups excluding carboxylic acids is 2. The molecule has 0 saturated carbocycles. The first-order chi connectivity index (χ1) is 12.0. The van der Waals surface area contributed by atoms with Gasteiger partial charge in [0.15, 0.2) is 22.8 Å². The van der Waals surface area contributed by atoms with Crippen molar-refractivity contribution in [3.63, 3.8) is 0 Å². The molecule has 0 aliphatic carbocycles. The fourth-order valence-corrected chi connectivity index (χ4v) is 2.18. The van der Waals surface area contributed by atoms with Crippen LogP contribution in [0, 0.1) is 0 Å². The van der Waals surface area contributed by atoms with Gasteiger partial charge in [-0.2, -0.15) is 0 Å². The van der Waals surface area contributed by atoms with Gasteiger partial charge in [0.2, 0.25) is 0 Å². The van der Waals surface area contributed by atoms with E-state index in [1.165, 1.54) is 26.4 Å². The fraction of sp³-hybridized carbons (Fsp3) is 0.176. The lowest BCUT2D eigenvalue weighted by atomic mass is 10.2. The van der Waals surface area contributed by atoms with Crippen LogP contribution in [0.2, 0.25) is 0 Å². The number of halogens is 1. The number of carbonyl (C=O) groups is 2. The zero-order chi connectivity index (χ0) is 18.2. The predicted octanol–water partition coefficient (Wildman–Crippen LogP) is 3.25. The molecular formula is C17H16BrNO6. The number of amides is 1. The Morgan fingerprint density at radius 3 is 2.56 bits per heavy atom. The van der Waals surface area contributed by atoms with Gasteiger partial charge in [-0.05, 0) is 46.3 Å². The van der Waals surface area contributed by atoms with E-state index in [2.05, 4.69) is 21.2 Å². The summed E-state index contributed by atoms with van der Waals surface area (Å²) >= 11 is 3.15. The van der Waals surface area contributed by atoms with E-state index < -0.39 is 18.5 Å². The Morgan fingerprint density at radius 2 is 1.92 bits per heavy atom. The van der Waals surface area contributed by atoms with Gasteiger partial charge in [0.25, 0.3) is 5.91 Å². The van der Waals surface area contributed by atoms with Crippen LogP contribution in [-0.4, -0.2) is 32.7 Å². The third-order valence-electron chi connectivity index (χ3n) is 2.99. The molecule has 8 heteroatoms. The van der Waals surface area contributed by atoms with Crippen LogP contribution < -0.4 is 14.8 Å². The Balaban J connectivity index is 1.84. The number of hydrogen-bond acceptors (Lipinski definition) is 6. The molecule has 0 unspecified atom stereocenters. The standard InChI is InChI=1S/C17H16BrNO6/c1-22-13-6-3-11(9-14(13)23-2)19-16(20)10-24-17(21)8-5-12-4-7-15(18)25-12/h3-9H,10H2,1-2H3,(H,19,20). The van der Waals surface area contributed by atoms with Crippen LogP contribution in [0.4, 0.5) is 5.69 Å². The molecule has 25 heavy (non-hydrogen) atoms. The van der Waals surface area contributed by atoms with Crippen LogP contribution in [0.1, 0.15) is 5.76 Å². The second-order valence-corrected chi connectivity index (χ2v) is 5.48. The average molecular weight is 410 g/mol. The number of hydrogen-bond donors (Lipinski definition) is 1. The van der Waals surface area contributed by atoms with Crippen molar-refractivity contribution >= 4 is 39.6 Å². The summed E-state index contributed by atoms with van der Waals surface area (Å²) in [5.74, 6) is 0.370. The molecule has 2 aromatic rings. The van der Waals surface area contributed by atoms with Crippen molar-refractivity contribution in [3.8, 4) is 11.5 Å². The molecule has 0 bridgehead atoms. The number of methoxy groups -OCH3 is 2. The van der Waals surface area contributed by atoms with Gasteiger partial charge in [0.05, 0.1) is 14.2 Å².